The van der Waals surface area contributed by atoms with Crippen LogP contribution in [0.4, 0.5) is 15.3 Å². The highest BCUT2D eigenvalue weighted by atomic mass is 16.5. The van der Waals surface area contributed by atoms with E-state index in [1.807, 2.05) is 6.07 Å². The van der Waals surface area contributed by atoms with Gasteiger partial charge in [0.25, 0.3) is 0 Å². The van der Waals surface area contributed by atoms with Gasteiger partial charge in [-0.2, -0.15) is 0 Å². The zero-order valence-electron chi connectivity index (χ0n) is 12.5. The van der Waals surface area contributed by atoms with Crippen LogP contribution in [-0.2, 0) is 14.3 Å². The molecular weight excluding hydrogens is 302 g/mol. The van der Waals surface area contributed by atoms with E-state index in [1.165, 1.54) is 0 Å². The fourth-order valence-corrected chi connectivity index (χ4v) is 1.42. The summed E-state index contributed by atoms with van der Waals surface area (Å²) in [4.78, 5) is 33.5. The highest BCUT2D eigenvalue weighted by Crippen LogP contribution is 2.04. The molecule has 0 heterocycles. The number of benzene rings is 1. The Morgan fingerprint density at radius 1 is 1.00 bits per heavy atom. The van der Waals surface area contributed by atoms with Gasteiger partial charge >= 0.3 is 18.1 Å². The van der Waals surface area contributed by atoms with Gasteiger partial charge in [-0.3, -0.25) is 5.32 Å². The van der Waals surface area contributed by atoms with E-state index in [0.717, 1.165) is 6.08 Å². The molecule has 23 heavy (non-hydrogen) atoms. The monoisotopic (exact) mass is 321 g/mol. The molecule has 0 fully saturated rings. The number of para-hydroxylation sites is 1. The summed E-state index contributed by atoms with van der Waals surface area (Å²) in [7, 11) is 0. The predicted molar refractivity (Wildman–Crippen MR) is 84.0 cm³/mol. The van der Waals surface area contributed by atoms with E-state index in [2.05, 4.69) is 27.3 Å². The Labute approximate surface area is 133 Å². The van der Waals surface area contributed by atoms with Gasteiger partial charge in [-0.05, 0) is 12.1 Å². The smallest absolute Gasteiger partial charge is 0.411 e. The Morgan fingerprint density at radius 3 is 2.22 bits per heavy atom. The molecule has 0 bridgehead atoms. The lowest BCUT2D eigenvalue weighted by atomic mass is 10.3. The summed E-state index contributed by atoms with van der Waals surface area (Å²) < 4.78 is 9.57. The van der Waals surface area contributed by atoms with Crippen LogP contribution in [0.5, 0.6) is 0 Å². The second kappa shape index (κ2) is 10.7. The summed E-state index contributed by atoms with van der Waals surface area (Å²) in [5, 5.41) is 7.50. The van der Waals surface area contributed by atoms with Crippen molar-refractivity contribution in [1.82, 2.24) is 10.6 Å². The number of urea groups is 1. The zero-order valence-corrected chi connectivity index (χ0v) is 12.5. The van der Waals surface area contributed by atoms with Crippen molar-refractivity contribution < 1.29 is 23.9 Å². The van der Waals surface area contributed by atoms with Gasteiger partial charge in [0.2, 0.25) is 0 Å². The summed E-state index contributed by atoms with van der Waals surface area (Å²) in [5.41, 5.74) is 0.622. The molecule has 8 heteroatoms. The summed E-state index contributed by atoms with van der Waals surface area (Å²) in [6, 6.07) is 8.41. The molecule has 0 saturated heterocycles. The minimum Gasteiger partial charge on any atom is -0.461 e. The number of ether oxygens (including phenoxy) is 2. The average Bonchev–Trinajstić information content (AvgIpc) is 2.56. The molecule has 124 valence electrons. The maximum atomic E-state index is 11.4. The summed E-state index contributed by atoms with van der Waals surface area (Å²) in [6.07, 6.45) is 0.437. The van der Waals surface area contributed by atoms with Crippen molar-refractivity contribution >= 4 is 23.8 Å². The number of hydrogen-bond donors (Lipinski definition) is 3. The molecule has 0 saturated carbocycles. The molecule has 0 atom stereocenters. The lowest BCUT2D eigenvalue weighted by Gasteiger charge is -2.09. The first-order valence-electron chi connectivity index (χ1n) is 6.91. The highest BCUT2D eigenvalue weighted by Gasteiger charge is 2.04. The van der Waals surface area contributed by atoms with E-state index >= 15 is 0 Å². The molecule has 1 aromatic rings. The molecule has 0 aliphatic rings. The van der Waals surface area contributed by atoms with E-state index in [1.54, 1.807) is 24.3 Å². The number of carbonyl (C=O) groups is 3. The van der Waals surface area contributed by atoms with Gasteiger partial charge in [0.1, 0.15) is 13.2 Å². The maximum absolute atomic E-state index is 11.4. The van der Waals surface area contributed by atoms with Gasteiger partial charge < -0.3 is 20.1 Å². The fraction of sp³-hybridized carbons (Fsp3) is 0.267. The molecule has 0 radical (unpaired) electrons. The fourth-order valence-electron chi connectivity index (χ4n) is 1.42. The minimum atomic E-state index is -0.602. The Morgan fingerprint density at radius 2 is 1.61 bits per heavy atom. The van der Waals surface area contributed by atoms with E-state index in [4.69, 9.17) is 4.74 Å². The molecule has 0 spiro atoms. The standard InChI is InChI=1S/C15H19N3O5/c1-2-13(19)22-10-8-16-14(20)17-9-11-23-15(21)18-12-6-4-3-5-7-12/h2-7H,1,8-11H2,(H,18,21)(H2,16,17,20). The third-order valence-electron chi connectivity index (χ3n) is 2.44. The number of amides is 3. The molecule has 0 unspecified atom stereocenters. The van der Waals surface area contributed by atoms with Gasteiger partial charge in [-0.15, -0.1) is 0 Å². The Hall–Kier alpha value is -3.03. The Bertz CT molecular complexity index is 533. The normalized spacial score (nSPS) is 9.39. The zero-order chi connectivity index (χ0) is 16.9. The minimum absolute atomic E-state index is 0.0253. The van der Waals surface area contributed by atoms with Crippen molar-refractivity contribution in [2.24, 2.45) is 0 Å². The van der Waals surface area contributed by atoms with Crippen LogP contribution in [0.3, 0.4) is 0 Å². The van der Waals surface area contributed by atoms with Crippen LogP contribution >= 0.6 is 0 Å². The lowest BCUT2D eigenvalue weighted by Crippen LogP contribution is -2.39. The van der Waals surface area contributed by atoms with Crippen molar-refractivity contribution in [3.63, 3.8) is 0 Å². The highest BCUT2D eigenvalue weighted by molar-refractivity contribution is 5.84. The number of esters is 1. The number of carbonyl (C=O) groups excluding carboxylic acids is 3. The molecule has 3 N–H and O–H groups in total. The van der Waals surface area contributed by atoms with Crippen LogP contribution in [0.25, 0.3) is 0 Å². The van der Waals surface area contributed by atoms with Crippen LogP contribution < -0.4 is 16.0 Å². The second-order valence-electron chi connectivity index (χ2n) is 4.18. The van der Waals surface area contributed by atoms with E-state index in [9.17, 15) is 14.4 Å². The van der Waals surface area contributed by atoms with E-state index < -0.39 is 18.1 Å². The molecule has 1 aromatic carbocycles. The first-order valence-corrected chi connectivity index (χ1v) is 6.91. The molecule has 3 amide bonds. The SMILES string of the molecule is C=CC(=O)OCCNC(=O)NCCOC(=O)Nc1ccccc1. The predicted octanol–water partition coefficient (Wildman–Crippen LogP) is 1.26. The van der Waals surface area contributed by atoms with E-state index in [-0.39, 0.29) is 26.3 Å². The van der Waals surface area contributed by atoms with Crippen molar-refractivity contribution in [1.29, 1.82) is 0 Å². The number of nitrogens with one attached hydrogen (secondary N) is 3. The molecule has 0 aliphatic heterocycles. The summed E-state index contributed by atoms with van der Waals surface area (Å²) >= 11 is 0. The summed E-state index contributed by atoms with van der Waals surface area (Å²) in [5.74, 6) is -0.551. The summed E-state index contributed by atoms with van der Waals surface area (Å²) in [6.45, 7) is 3.64. The molecule has 1 rings (SSSR count). The van der Waals surface area contributed by atoms with Gasteiger partial charge in [0, 0.05) is 11.8 Å². The topological polar surface area (TPSA) is 106 Å². The second-order valence-corrected chi connectivity index (χ2v) is 4.18. The third-order valence-corrected chi connectivity index (χ3v) is 2.44. The molecule has 0 aromatic heterocycles. The molecule has 0 aliphatic carbocycles. The number of rotatable bonds is 8. The Kier molecular flexibility index (Phi) is 8.35. The largest absolute Gasteiger partial charge is 0.461 e. The van der Waals surface area contributed by atoms with Gasteiger partial charge in [0.05, 0.1) is 13.1 Å². The lowest BCUT2D eigenvalue weighted by molar-refractivity contribution is -0.137. The van der Waals surface area contributed by atoms with Crippen LogP contribution in [0, 0.1) is 0 Å². The quantitative estimate of drug-likeness (QED) is 0.380. The molecule has 8 nitrogen and oxygen atoms in total. The number of anilines is 1. The van der Waals surface area contributed by atoms with Crippen molar-refractivity contribution in [3.05, 3.63) is 43.0 Å². The van der Waals surface area contributed by atoms with Crippen molar-refractivity contribution in [3.8, 4) is 0 Å². The first kappa shape index (κ1) is 18.0. The third kappa shape index (κ3) is 8.76. The number of hydrogen-bond acceptors (Lipinski definition) is 5. The maximum Gasteiger partial charge on any atom is 0.411 e. The van der Waals surface area contributed by atoms with Gasteiger partial charge in [0.15, 0.2) is 0 Å². The van der Waals surface area contributed by atoms with Crippen molar-refractivity contribution in [2.45, 2.75) is 0 Å². The average molecular weight is 321 g/mol. The van der Waals surface area contributed by atoms with Crippen LogP contribution in [0.1, 0.15) is 0 Å². The van der Waals surface area contributed by atoms with Gasteiger partial charge in [-0.1, -0.05) is 24.8 Å². The molecular formula is C15H19N3O5. The van der Waals surface area contributed by atoms with E-state index in [0.29, 0.717) is 5.69 Å². The first-order chi connectivity index (χ1) is 11.1. The Balaban J connectivity index is 2.03. The van der Waals surface area contributed by atoms with Crippen LogP contribution in [-0.4, -0.2) is 44.4 Å². The van der Waals surface area contributed by atoms with Crippen molar-refractivity contribution in [2.75, 3.05) is 31.6 Å². The van der Waals surface area contributed by atoms with Gasteiger partial charge in [-0.25, -0.2) is 14.4 Å². The van der Waals surface area contributed by atoms with Crippen LogP contribution in [0.15, 0.2) is 43.0 Å². The van der Waals surface area contributed by atoms with Crippen LogP contribution in [0.2, 0.25) is 0 Å².